The van der Waals surface area contributed by atoms with E-state index in [1.807, 2.05) is 0 Å². The van der Waals surface area contributed by atoms with Crippen LogP contribution in [0.4, 0.5) is 0 Å². The molecule has 26 heavy (non-hydrogen) atoms. The Kier molecular flexibility index (Phi) is 14.8. The van der Waals surface area contributed by atoms with E-state index < -0.39 is 0 Å². The largest absolute Gasteiger partial charge is 0.497 e. The summed E-state index contributed by atoms with van der Waals surface area (Å²) >= 11 is 0. The van der Waals surface area contributed by atoms with E-state index in [0.29, 0.717) is 13.2 Å². The van der Waals surface area contributed by atoms with Gasteiger partial charge in [-0.1, -0.05) is 68.5 Å². The lowest BCUT2D eigenvalue weighted by Crippen LogP contribution is -2.28. The Labute approximate surface area is 163 Å². The smallest absolute Gasteiger partial charge is 0.100 e. The van der Waals surface area contributed by atoms with Crippen LogP contribution in [0.25, 0.3) is 0 Å². The summed E-state index contributed by atoms with van der Waals surface area (Å²) in [6, 6.07) is 0. The summed E-state index contributed by atoms with van der Waals surface area (Å²) in [4.78, 5) is 2.35. The van der Waals surface area contributed by atoms with Gasteiger partial charge in [0.05, 0.1) is 18.1 Å². The molecule has 4 heteroatoms. The first-order chi connectivity index (χ1) is 12.0. The van der Waals surface area contributed by atoms with Crippen LogP contribution in [0.2, 0.25) is 0 Å². The lowest BCUT2D eigenvalue weighted by atomic mass is 9.88. The topological polar surface area (TPSA) is 47.7 Å². The second-order valence-electron chi connectivity index (χ2n) is 7.83. The fourth-order valence-electron chi connectivity index (χ4n) is 1.80. The monoisotopic (exact) mass is 370 g/mol. The fraction of sp³-hybridized carbons (Fsp3) is 0.818. The minimum Gasteiger partial charge on any atom is -0.497 e. The van der Waals surface area contributed by atoms with Gasteiger partial charge in [0.25, 0.3) is 0 Å². The van der Waals surface area contributed by atoms with Crippen molar-refractivity contribution in [3.63, 3.8) is 0 Å². The van der Waals surface area contributed by atoms with Crippen LogP contribution in [0.5, 0.6) is 0 Å². The van der Waals surface area contributed by atoms with E-state index in [2.05, 4.69) is 73.4 Å². The number of allylic oxidation sites excluding steroid dienone is 2. The lowest BCUT2D eigenvalue weighted by molar-refractivity contribution is 0.117. The molecule has 2 N–H and O–H groups in total. The van der Waals surface area contributed by atoms with Gasteiger partial charge in [0.1, 0.15) is 6.61 Å². The zero-order chi connectivity index (χ0) is 20.8. The first-order valence-electron chi connectivity index (χ1n) is 10.1. The molecule has 156 valence electrons. The zero-order valence-corrected chi connectivity index (χ0v) is 18.9. The maximum absolute atomic E-state index is 5.70. The third kappa shape index (κ3) is 11.6. The maximum Gasteiger partial charge on any atom is 0.100 e. The molecule has 0 aromatic carbocycles. The van der Waals surface area contributed by atoms with Gasteiger partial charge in [-0.3, -0.25) is 0 Å². The molecule has 0 rings (SSSR count). The van der Waals surface area contributed by atoms with Gasteiger partial charge in [0, 0.05) is 23.9 Å². The molecule has 0 spiro atoms. The van der Waals surface area contributed by atoms with Gasteiger partial charge < -0.3 is 20.1 Å². The van der Waals surface area contributed by atoms with Crippen LogP contribution >= 0.6 is 0 Å². The normalized spacial score (nSPS) is 11.6. The molecule has 0 saturated heterocycles. The van der Waals surface area contributed by atoms with E-state index in [0.717, 1.165) is 50.6 Å². The highest BCUT2D eigenvalue weighted by molar-refractivity contribution is 4.98. The minimum atomic E-state index is 0.0785. The number of ether oxygens (including phenoxy) is 2. The Morgan fingerprint density at radius 3 is 1.50 bits per heavy atom. The summed E-state index contributed by atoms with van der Waals surface area (Å²) in [7, 11) is 0. The molecule has 0 aliphatic carbocycles. The highest BCUT2D eigenvalue weighted by atomic mass is 16.5. The Hall–Kier alpha value is -1.00. The molecule has 0 saturated carbocycles. The number of likely N-dealkylation sites (N-methyl/N-ethyl adjacent to an activating group) is 1. The SMILES string of the molecule is C=C(OCCN(CC)CC)C(C)(C)CC.C=C(OCCN)C(C)(C)CC. The Morgan fingerprint density at radius 2 is 1.19 bits per heavy atom. The number of hydrogen-bond donors (Lipinski definition) is 1. The molecule has 0 atom stereocenters. The number of rotatable bonds is 13. The Balaban J connectivity index is 0. The van der Waals surface area contributed by atoms with Crippen molar-refractivity contribution in [1.29, 1.82) is 0 Å². The van der Waals surface area contributed by atoms with Gasteiger partial charge in [-0.2, -0.15) is 0 Å². The molecule has 0 aromatic heterocycles. The molecule has 0 bridgehead atoms. The van der Waals surface area contributed by atoms with Crippen molar-refractivity contribution in [3.05, 3.63) is 24.7 Å². The second kappa shape index (κ2) is 14.1. The molecule has 0 radical (unpaired) electrons. The first-order valence-corrected chi connectivity index (χ1v) is 10.1. The van der Waals surface area contributed by atoms with Crippen LogP contribution in [0, 0.1) is 10.8 Å². The van der Waals surface area contributed by atoms with Crippen molar-refractivity contribution in [3.8, 4) is 0 Å². The van der Waals surface area contributed by atoms with Gasteiger partial charge in [-0.05, 0) is 25.9 Å². The zero-order valence-electron chi connectivity index (χ0n) is 18.9. The van der Waals surface area contributed by atoms with E-state index in [4.69, 9.17) is 15.2 Å². The molecule has 0 aliphatic heterocycles. The lowest BCUT2D eigenvalue weighted by Gasteiger charge is -2.26. The predicted octanol–water partition coefficient (Wildman–Crippen LogP) is 5.21. The first kappa shape index (κ1) is 27.2. The van der Waals surface area contributed by atoms with E-state index in [1.165, 1.54) is 0 Å². The van der Waals surface area contributed by atoms with Crippen molar-refractivity contribution in [2.24, 2.45) is 16.6 Å². The standard InChI is InChI=1S/C13H27NO.C9H19NO/c1-7-13(5,6)12(4)15-11-10-14(8-2)9-3;1-5-9(3,4)8(2)11-7-6-10/h4,7-11H2,1-3,5-6H3;2,5-7,10H2,1,3-4H3. The number of nitrogens with two attached hydrogens (primary N) is 1. The summed E-state index contributed by atoms with van der Waals surface area (Å²) in [5.74, 6) is 1.75. The number of nitrogens with zero attached hydrogens (tertiary/aromatic N) is 1. The van der Waals surface area contributed by atoms with Gasteiger partial charge in [-0.25, -0.2) is 0 Å². The summed E-state index contributed by atoms with van der Waals surface area (Å²) in [5.41, 5.74) is 5.47. The molecule has 4 nitrogen and oxygen atoms in total. The van der Waals surface area contributed by atoms with Crippen molar-refractivity contribution in [2.75, 3.05) is 39.4 Å². The maximum atomic E-state index is 5.70. The van der Waals surface area contributed by atoms with E-state index in [9.17, 15) is 0 Å². The van der Waals surface area contributed by atoms with Gasteiger partial charge in [-0.15, -0.1) is 0 Å². The van der Waals surface area contributed by atoms with E-state index in [1.54, 1.807) is 0 Å². The minimum absolute atomic E-state index is 0.0785. The van der Waals surface area contributed by atoms with E-state index in [-0.39, 0.29) is 10.8 Å². The third-order valence-corrected chi connectivity index (χ3v) is 5.25. The summed E-state index contributed by atoms with van der Waals surface area (Å²) in [6.45, 7) is 30.1. The van der Waals surface area contributed by atoms with Crippen LogP contribution in [0.3, 0.4) is 0 Å². The Bertz CT molecular complexity index is 386. The van der Waals surface area contributed by atoms with Crippen LogP contribution in [-0.4, -0.2) is 44.3 Å². The van der Waals surface area contributed by atoms with Gasteiger partial charge >= 0.3 is 0 Å². The highest BCUT2D eigenvalue weighted by Crippen LogP contribution is 2.29. The molecule has 0 aliphatic rings. The highest BCUT2D eigenvalue weighted by Gasteiger charge is 2.21. The second-order valence-corrected chi connectivity index (χ2v) is 7.83. The summed E-state index contributed by atoms with van der Waals surface area (Å²) in [6.07, 6.45) is 2.10. The summed E-state index contributed by atoms with van der Waals surface area (Å²) in [5, 5.41) is 0. The quantitative estimate of drug-likeness (QED) is 0.452. The molecule has 0 amide bonds. The van der Waals surface area contributed by atoms with Crippen LogP contribution in [0.15, 0.2) is 24.7 Å². The van der Waals surface area contributed by atoms with Crippen LogP contribution in [0.1, 0.15) is 68.2 Å². The van der Waals surface area contributed by atoms with Crippen molar-refractivity contribution < 1.29 is 9.47 Å². The summed E-state index contributed by atoms with van der Waals surface area (Å²) < 4.78 is 11.0. The molecule has 0 unspecified atom stereocenters. The number of hydrogen-bond acceptors (Lipinski definition) is 4. The molecular weight excluding hydrogens is 324 g/mol. The molecule has 0 fully saturated rings. The van der Waals surface area contributed by atoms with Crippen molar-refractivity contribution >= 4 is 0 Å². The van der Waals surface area contributed by atoms with Gasteiger partial charge in [0.15, 0.2) is 0 Å². The van der Waals surface area contributed by atoms with Crippen molar-refractivity contribution in [1.82, 2.24) is 4.90 Å². The molecular formula is C22H46N2O2. The fourth-order valence-corrected chi connectivity index (χ4v) is 1.80. The van der Waals surface area contributed by atoms with Crippen molar-refractivity contribution in [2.45, 2.75) is 68.2 Å². The van der Waals surface area contributed by atoms with Gasteiger partial charge in [0.2, 0.25) is 0 Å². The molecule has 0 heterocycles. The van der Waals surface area contributed by atoms with Crippen LogP contribution in [-0.2, 0) is 9.47 Å². The predicted molar refractivity (Wildman–Crippen MR) is 115 cm³/mol. The average molecular weight is 371 g/mol. The van der Waals surface area contributed by atoms with Crippen LogP contribution < -0.4 is 5.73 Å². The Morgan fingerprint density at radius 1 is 0.808 bits per heavy atom. The van der Waals surface area contributed by atoms with E-state index >= 15 is 0 Å². The molecule has 0 aromatic rings. The third-order valence-electron chi connectivity index (χ3n) is 5.25. The average Bonchev–Trinajstić information content (AvgIpc) is 2.63.